The number of carbonyl (C=O) groups excluding carboxylic acids is 1. The molecule has 3 aromatic rings. The summed E-state index contributed by atoms with van der Waals surface area (Å²) in [6, 6.07) is 6.59. The molecule has 198 valence electrons. The van der Waals surface area contributed by atoms with Crippen molar-refractivity contribution in [2.45, 2.75) is 65.0 Å². The van der Waals surface area contributed by atoms with E-state index in [-0.39, 0.29) is 41.8 Å². The van der Waals surface area contributed by atoms with E-state index < -0.39 is 41.8 Å². The van der Waals surface area contributed by atoms with E-state index >= 15 is 0 Å². The molecule has 37 heavy (non-hydrogen) atoms. The molecular weight excluding hydrogens is 495 g/mol. The first kappa shape index (κ1) is 27.0. The molecular formula is C26H27BF4O6. The van der Waals surface area contributed by atoms with Gasteiger partial charge in [-0.15, -0.1) is 0 Å². The van der Waals surface area contributed by atoms with Gasteiger partial charge in [-0.2, -0.15) is 13.2 Å². The summed E-state index contributed by atoms with van der Waals surface area (Å²) in [7, 11) is -0.992. The lowest BCUT2D eigenvalue weighted by molar-refractivity contribution is -0.142. The summed E-state index contributed by atoms with van der Waals surface area (Å²) >= 11 is 0. The zero-order valence-corrected chi connectivity index (χ0v) is 21.1. The van der Waals surface area contributed by atoms with Crippen molar-refractivity contribution in [3.8, 4) is 5.75 Å². The highest BCUT2D eigenvalue weighted by molar-refractivity contribution is 6.64. The number of hydrogen-bond acceptors (Lipinski definition) is 6. The molecule has 0 radical (unpaired) electrons. The van der Waals surface area contributed by atoms with E-state index in [0.717, 1.165) is 6.07 Å². The molecule has 1 aliphatic rings. The highest BCUT2D eigenvalue weighted by Crippen LogP contribution is 2.39. The fraction of sp³-hybridized carbons (Fsp3) is 0.423. The topological polar surface area (TPSA) is 67.1 Å². The second-order valence-corrected chi connectivity index (χ2v) is 9.82. The molecule has 4 rings (SSSR count). The van der Waals surface area contributed by atoms with E-state index in [4.69, 9.17) is 23.2 Å². The van der Waals surface area contributed by atoms with Crippen molar-refractivity contribution in [1.82, 2.24) is 0 Å². The van der Waals surface area contributed by atoms with E-state index in [1.807, 2.05) is 27.7 Å². The lowest BCUT2D eigenvalue weighted by Crippen LogP contribution is -2.41. The Morgan fingerprint density at radius 1 is 1.05 bits per heavy atom. The smallest absolute Gasteiger partial charge is 0.488 e. The summed E-state index contributed by atoms with van der Waals surface area (Å²) in [6.45, 7) is 8.95. The standard InChI is InChI=1S/C26H27BF4O6/c1-6-33-22(32)11-16-7-8-17(28)12-21(16)34-13-15-9-18-19(26(29,30)31)14-35-23(18)20(10-15)27-36-24(2,3)25(4,5)37-27/h7-10,12,14H,6,11,13H2,1-5H3. The summed E-state index contributed by atoms with van der Waals surface area (Å²) in [4.78, 5) is 12.0. The molecule has 11 heteroatoms. The maximum absolute atomic E-state index is 14.0. The molecule has 0 amide bonds. The van der Waals surface area contributed by atoms with Gasteiger partial charge in [-0.05, 0) is 52.3 Å². The molecule has 0 aliphatic carbocycles. The average Bonchev–Trinajstić information content (AvgIpc) is 3.31. The molecule has 6 nitrogen and oxygen atoms in total. The third-order valence-corrected chi connectivity index (χ3v) is 6.64. The van der Waals surface area contributed by atoms with Gasteiger partial charge in [-0.25, -0.2) is 4.39 Å². The molecule has 0 N–H and O–H groups in total. The number of halogens is 4. The third-order valence-electron chi connectivity index (χ3n) is 6.64. The van der Waals surface area contributed by atoms with Gasteiger partial charge < -0.3 is 23.2 Å². The minimum Gasteiger partial charge on any atom is -0.488 e. The van der Waals surface area contributed by atoms with Gasteiger partial charge in [-0.3, -0.25) is 4.79 Å². The fourth-order valence-corrected chi connectivity index (χ4v) is 4.01. The molecule has 1 fully saturated rings. The van der Waals surface area contributed by atoms with Crippen LogP contribution in [0, 0.1) is 5.82 Å². The summed E-state index contributed by atoms with van der Waals surface area (Å²) in [6.07, 6.45) is -4.15. The van der Waals surface area contributed by atoms with Crippen LogP contribution in [0.1, 0.15) is 51.3 Å². The van der Waals surface area contributed by atoms with Crippen molar-refractivity contribution in [3.05, 3.63) is 59.1 Å². The molecule has 1 aromatic heterocycles. The summed E-state index contributed by atoms with van der Waals surface area (Å²) in [5.41, 5.74) is -1.43. The van der Waals surface area contributed by atoms with Gasteiger partial charge in [0.2, 0.25) is 0 Å². The second-order valence-electron chi connectivity index (χ2n) is 9.82. The number of rotatable bonds is 7. The Balaban J connectivity index is 1.72. The zero-order valence-electron chi connectivity index (χ0n) is 21.1. The van der Waals surface area contributed by atoms with Crippen LogP contribution in [-0.2, 0) is 38.0 Å². The second kappa shape index (κ2) is 9.68. The van der Waals surface area contributed by atoms with Crippen molar-refractivity contribution >= 4 is 29.5 Å². The van der Waals surface area contributed by atoms with Gasteiger partial charge >= 0.3 is 19.3 Å². The van der Waals surface area contributed by atoms with Crippen LogP contribution in [0.5, 0.6) is 5.75 Å². The Hall–Kier alpha value is -3.05. The minimum absolute atomic E-state index is 0.0108. The number of fused-ring (bicyclic) bond motifs is 1. The fourth-order valence-electron chi connectivity index (χ4n) is 4.01. The molecule has 1 saturated heterocycles. The number of benzene rings is 2. The normalized spacial score (nSPS) is 16.8. The number of ether oxygens (including phenoxy) is 2. The van der Waals surface area contributed by atoms with Crippen LogP contribution in [-0.4, -0.2) is 30.9 Å². The molecule has 0 atom stereocenters. The first-order chi connectivity index (χ1) is 17.2. The van der Waals surface area contributed by atoms with Crippen LogP contribution >= 0.6 is 0 Å². The predicted molar refractivity (Wildman–Crippen MR) is 128 cm³/mol. The van der Waals surface area contributed by atoms with Crippen molar-refractivity contribution < 1.29 is 45.6 Å². The molecule has 0 bridgehead atoms. The highest BCUT2D eigenvalue weighted by Gasteiger charge is 2.52. The molecule has 0 spiro atoms. The average molecular weight is 522 g/mol. The van der Waals surface area contributed by atoms with E-state index in [1.54, 1.807) is 13.0 Å². The molecule has 0 saturated carbocycles. The van der Waals surface area contributed by atoms with Crippen LogP contribution in [0.4, 0.5) is 17.6 Å². The van der Waals surface area contributed by atoms with E-state index in [0.29, 0.717) is 17.4 Å². The van der Waals surface area contributed by atoms with E-state index in [9.17, 15) is 22.4 Å². The highest BCUT2D eigenvalue weighted by atomic mass is 19.4. The summed E-state index contributed by atoms with van der Waals surface area (Å²) in [5.74, 6) is -1.03. The van der Waals surface area contributed by atoms with Crippen molar-refractivity contribution in [2.24, 2.45) is 0 Å². The lowest BCUT2D eigenvalue weighted by Gasteiger charge is -2.32. The molecule has 1 aliphatic heterocycles. The Morgan fingerprint density at radius 3 is 2.35 bits per heavy atom. The maximum atomic E-state index is 14.0. The minimum atomic E-state index is -4.66. The third kappa shape index (κ3) is 5.47. The van der Waals surface area contributed by atoms with Crippen molar-refractivity contribution in [3.63, 3.8) is 0 Å². The SMILES string of the molecule is CCOC(=O)Cc1ccc(F)cc1OCc1cc(B2OC(C)(C)C(C)(C)O2)c2occ(C(F)(F)F)c2c1. The lowest BCUT2D eigenvalue weighted by atomic mass is 9.77. The maximum Gasteiger partial charge on any atom is 0.498 e. The number of esters is 1. The number of carbonyl (C=O) groups is 1. The predicted octanol–water partition coefficient (Wildman–Crippen LogP) is 5.57. The summed E-state index contributed by atoms with van der Waals surface area (Å²) < 4.78 is 83.4. The summed E-state index contributed by atoms with van der Waals surface area (Å²) in [5, 5.41) is -0.177. The van der Waals surface area contributed by atoms with E-state index in [1.165, 1.54) is 18.2 Å². The molecule has 2 aromatic carbocycles. The van der Waals surface area contributed by atoms with Crippen molar-refractivity contribution in [1.29, 1.82) is 0 Å². The Kier molecular flexibility index (Phi) is 7.07. The molecule has 2 heterocycles. The number of hydrogen-bond donors (Lipinski definition) is 0. The Labute approximate surface area is 212 Å². The van der Waals surface area contributed by atoms with Crippen LogP contribution in [0.25, 0.3) is 11.0 Å². The Bertz CT molecular complexity index is 1300. The first-order valence-corrected chi connectivity index (χ1v) is 11.8. The number of alkyl halides is 3. The van der Waals surface area contributed by atoms with Gasteiger partial charge in [0.05, 0.1) is 24.2 Å². The van der Waals surface area contributed by atoms with Gasteiger partial charge in [0.15, 0.2) is 0 Å². The monoisotopic (exact) mass is 522 g/mol. The van der Waals surface area contributed by atoms with Gasteiger partial charge in [0.1, 0.15) is 35.6 Å². The van der Waals surface area contributed by atoms with Crippen LogP contribution in [0.15, 0.2) is 41.0 Å². The van der Waals surface area contributed by atoms with Crippen molar-refractivity contribution in [2.75, 3.05) is 6.61 Å². The van der Waals surface area contributed by atoms with Gasteiger partial charge in [0.25, 0.3) is 0 Å². The van der Waals surface area contributed by atoms with Gasteiger partial charge in [0, 0.05) is 22.5 Å². The van der Waals surface area contributed by atoms with Gasteiger partial charge in [-0.1, -0.05) is 12.1 Å². The van der Waals surface area contributed by atoms with Crippen LogP contribution in [0.3, 0.4) is 0 Å². The van der Waals surface area contributed by atoms with Crippen LogP contribution < -0.4 is 10.2 Å². The largest absolute Gasteiger partial charge is 0.498 e. The molecule has 0 unspecified atom stereocenters. The zero-order chi connectivity index (χ0) is 27.2. The quantitative estimate of drug-likeness (QED) is 0.230. The van der Waals surface area contributed by atoms with E-state index in [2.05, 4.69) is 0 Å². The Morgan fingerprint density at radius 2 is 1.73 bits per heavy atom. The first-order valence-electron chi connectivity index (χ1n) is 11.8. The van der Waals surface area contributed by atoms with Crippen LogP contribution in [0.2, 0.25) is 0 Å². The number of furan rings is 1.